The van der Waals surface area contributed by atoms with Crippen molar-refractivity contribution >= 4 is 29.3 Å². The van der Waals surface area contributed by atoms with Crippen molar-refractivity contribution in [3.63, 3.8) is 0 Å². The van der Waals surface area contributed by atoms with Gasteiger partial charge in [0.15, 0.2) is 0 Å². The minimum atomic E-state index is 0.153. The maximum absolute atomic E-state index is 5.97. The molecule has 114 valence electrons. The summed E-state index contributed by atoms with van der Waals surface area (Å²) in [5.41, 5.74) is 0. The Balaban J connectivity index is 2.17. The van der Waals surface area contributed by atoms with Crippen LogP contribution in [0.2, 0.25) is 5.28 Å². The first-order chi connectivity index (χ1) is 10.1. The predicted molar refractivity (Wildman–Crippen MR) is 87.3 cm³/mol. The predicted octanol–water partition coefficient (Wildman–Crippen LogP) is 3.04. The first-order valence-corrected chi connectivity index (χ1v) is 8.43. The number of nitrogens with zero attached hydrogens (tertiary/aromatic N) is 5. The second kappa shape index (κ2) is 7.09. The number of nitrogens with one attached hydrogen (secondary N) is 1. The number of aromatic nitrogens is 5. The third kappa shape index (κ3) is 3.85. The fourth-order valence-electron chi connectivity index (χ4n) is 2.01. The van der Waals surface area contributed by atoms with Crippen LogP contribution in [0.25, 0.3) is 5.95 Å². The van der Waals surface area contributed by atoms with Gasteiger partial charge < -0.3 is 5.32 Å². The molecule has 2 heterocycles. The van der Waals surface area contributed by atoms with Gasteiger partial charge in [-0.2, -0.15) is 31.8 Å². The molecule has 0 bridgehead atoms. The third-order valence-electron chi connectivity index (χ3n) is 3.60. The van der Waals surface area contributed by atoms with E-state index in [1.165, 1.54) is 0 Å². The van der Waals surface area contributed by atoms with E-state index in [1.54, 1.807) is 23.1 Å². The zero-order valence-corrected chi connectivity index (χ0v) is 13.9. The Bertz CT molecular complexity index is 562. The smallest absolute Gasteiger partial charge is 0.256 e. The summed E-state index contributed by atoms with van der Waals surface area (Å²) in [6.45, 7) is 5.16. The highest BCUT2D eigenvalue weighted by molar-refractivity contribution is 8.00. The standard InChI is InChI=1S/C13H19ClN6S/c1-4-13(5-2,21-3)9-15-11-17-10(14)18-12(19-11)20-8-6-7-16-20/h6-8H,4-5,9H2,1-3H3,(H,15,17,18,19). The van der Waals surface area contributed by atoms with Crippen LogP contribution in [0.4, 0.5) is 5.95 Å². The molecule has 0 amide bonds. The van der Waals surface area contributed by atoms with Gasteiger partial charge in [-0.05, 0) is 36.8 Å². The van der Waals surface area contributed by atoms with Crippen LogP contribution < -0.4 is 5.32 Å². The number of anilines is 1. The van der Waals surface area contributed by atoms with Gasteiger partial charge in [0.2, 0.25) is 11.2 Å². The minimum Gasteiger partial charge on any atom is -0.353 e. The van der Waals surface area contributed by atoms with Crippen molar-refractivity contribution in [2.75, 3.05) is 18.1 Å². The van der Waals surface area contributed by atoms with Gasteiger partial charge in [-0.15, -0.1) is 0 Å². The summed E-state index contributed by atoms with van der Waals surface area (Å²) in [6.07, 6.45) is 7.70. The summed E-state index contributed by atoms with van der Waals surface area (Å²) in [4.78, 5) is 12.6. The average Bonchev–Trinajstić information content (AvgIpc) is 3.03. The molecule has 2 aromatic heterocycles. The lowest BCUT2D eigenvalue weighted by Gasteiger charge is -2.29. The molecule has 0 saturated heterocycles. The molecule has 1 N–H and O–H groups in total. The van der Waals surface area contributed by atoms with Gasteiger partial charge in [-0.1, -0.05) is 13.8 Å². The van der Waals surface area contributed by atoms with Crippen molar-refractivity contribution < 1.29 is 0 Å². The van der Waals surface area contributed by atoms with Gasteiger partial charge in [0.25, 0.3) is 5.95 Å². The summed E-state index contributed by atoms with van der Waals surface area (Å²) in [5.74, 6) is 0.881. The lowest BCUT2D eigenvalue weighted by Crippen LogP contribution is -2.32. The van der Waals surface area contributed by atoms with Crippen molar-refractivity contribution in [3.8, 4) is 5.95 Å². The van der Waals surface area contributed by atoms with Gasteiger partial charge in [-0.25, -0.2) is 4.68 Å². The fraction of sp³-hybridized carbons (Fsp3) is 0.538. The summed E-state index contributed by atoms with van der Waals surface area (Å²) >= 11 is 7.83. The molecular weight excluding hydrogens is 308 g/mol. The fourth-order valence-corrected chi connectivity index (χ4v) is 2.96. The molecular formula is C13H19ClN6S. The van der Waals surface area contributed by atoms with E-state index in [4.69, 9.17) is 11.6 Å². The Morgan fingerprint density at radius 1 is 1.29 bits per heavy atom. The van der Waals surface area contributed by atoms with E-state index in [1.807, 2.05) is 11.8 Å². The normalized spacial score (nSPS) is 11.6. The molecule has 0 atom stereocenters. The van der Waals surface area contributed by atoms with E-state index in [0.29, 0.717) is 11.9 Å². The molecule has 0 aliphatic carbocycles. The van der Waals surface area contributed by atoms with Crippen LogP contribution in [-0.2, 0) is 0 Å². The second-order valence-electron chi connectivity index (χ2n) is 4.63. The Morgan fingerprint density at radius 2 is 2.05 bits per heavy atom. The Morgan fingerprint density at radius 3 is 2.62 bits per heavy atom. The monoisotopic (exact) mass is 326 g/mol. The lowest BCUT2D eigenvalue weighted by atomic mass is 10.0. The maximum Gasteiger partial charge on any atom is 0.256 e. The minimum absolute atomic E-state index is 0.153. The topological polar surface area (TPSA) is 68.5 Å². The summed E-state index contributed by atoms with van der Waals surface area (Å²) in [6, 6.07) is 1.80. The molecule has 0 aliphatic heterocycles. The second-order valence-corrected chi connectivity index (χ2v) is 6.24. The molecule has 6 nitrogen and oxygen atoms in total. The van der Waals surface area contributed by atoms with Crippen LogP contribution in [0.15, 0.2) is 18.5 Å². The van der Waals surface area contributed by atoms with E-state index < -0.39 is 0 Å². The maximum atomic E-state index is 5.97. The average molecular weight is 327 g/mol. The first-order valence-electron chi connectivity index (χ1n) is 6.83. The van der Waals surface area contributed by atoms with E-state index in [-0.39, 0.29) is 10.0 Å². The van der Waals surface area contributed by atoms with Crippen molar-refractivity contribution in [1.29, 1.82) is 0 Å². The number of halogens is 1. The molecule has 2 rings (SSSR count). The van der Waals surface area contributed by atoms with Gasteiger partial charge in [0.1, 0.15) is 0 Å². The number of hydrogen-bond acceptors (Lipinski definition) is 6. The Labute approximate surface area is 133 Å². The highest BCUT2D eigenvalue weighted by Gasteiger charge is 2.25. The van der Waals surface area contributed by atoms with Crippen LogP contribution in [0.5, 0.6) is 0 Å². The number of rotatable bonds is 7. The van der Waals surface area contributed by atoms with E-state index >= 15 is 0 Å². The van der Waals surface area contributed by atoms with Crippen molar-refractivity contribution in [2.24, 2.45) is 0 Å². The number of thioether (sulfide) groups is 1. The number of hydrogen-bond donors (Lipinski definition) is 1. The largest absolute Gasteiger partial charge is 0.353 e. The van der Waals surface area contributed by atoms with Crippen LogP contribution in [0.1, 0.15) is 26.7 Å². The summed E-state index contributed by atoms with van der Waals surface area (Å²) in [5, 5.41) is 7.53. The molecule has 0 unspecified atom stereocenters. The van der Waals surface area contributed by atoms with Crippen LogP contribution >= 0.6 is 23.4 Å². The molecule has 0 spiro atoms. The van der Waals surface area contributed by atoms with Gasteiger partial charge >= 0.3 is 0 Å². The van der Waals surface area contributed by atoms with E-state index in [0.717, 1.165) is 19.4 Å². The van der Waals surface area contributed by atoms with Gasteiger partial charge in [0.05, 0.1) is 0 Å². The summed E-state index contributed by atoms with van der Waals surface area (Å²) < 4.78 is 1.73. The summed E-state index contributed by atoms with van der Waals surface area (Å²) in [7, 11) is 0. The molecule has 0 fully saturated rings. The van der Waals surface area contributed by atoms with Crippen molar-refractivity contribution in [2.45, 2.75) is 31.4 Å². The zero-order chi connectivity index (χ0) is 15.3. The van der Waals surface area contributed by atoms with Crippen molar-refractivity contribution in [3.05, 3.63) is 23.7 Å². The lowest BCUT2D eigenvalue weighted by molar-refractivity contribution is 0.572. The van der Waals surface area contributed by atoms with Gasteiger partial charge in [-0.3, -0.25) is 0 Å². The molecule has 21 heavy (non-hydrogen) atoms. The van der Waals surface area contributed by atoms with Crippen LogP contribution in [0, 0.1) is 0 Å². The molecule has 0 aromatic carbocycles. The van der Waals surface area contributed by atoms with Crippen LogP contribution in [-0.4, -0.2) is 42.3 Å². The van der Waals surface area contributed by atoms with Crippen molar-refractivity contribution in [1.82, 2.24) is 24.7 Å². The SMILES string of the molecule is CCC(CC)(CNc1nc(Cl)nc(-n2cccn2)n1)SC. The molecule has 0 aliphatic rings. The van der Waals surface area contributed by atoms with E-state index in [9.17, 15) is 0 Å². The molecule has 8 heteroatoms. The molecule has 0 radical (unpaired) electrons. The first kappa shape index (κ1) is 16.0. The quantitative estimate of drug-likeness (QED) is 0.843. The zero-order valence-electron chi connectivity index (χ0n) is 12.4. The third-order valence-corrected chi connectivity index (χ3v) is 5.35. The Kier molecular flexibility index (Phi) is 5.41. The Hall–Kier alpha value is -1.34. The van der Waals surface area contributed by atoms with Gasteiger partial charge in [0, 0.05) is 23.7 Å². The van der Waals surface area contributed by atoms with Crippen LogP contribution in [0.3, 0.4) is 0 Å². The van der Waals surface area contributed by atoms with E-state index in [2.05, 4.69) is 45.5 Å². The molecule has 2 aromatic rings. The highest BCUT2D eigenvalue weighted by atomic mass is 35.5. The molecule has 0 saturated carbocycles. The highest BCUT2D eigenvalue weighted by Crippen LogP contribution is 2.30.